The van der Waals surface area contributed by atoms with E-state index in [1.54, 1.807) is 7.05 Å². The number of hydrogen-bond donors (Lipinski definition) is 1. The maximum Gasteiger partial charge on any atom is 0.272 e. The Bertz CT molecular complexity index is 532. The quantitative estimate of drug-likeness (QED) is 0.659. The lowest BCUT2D eigenvalue weighted by Crippen LogP contribution is -2.40. The van der Waals surface area contributed by atoms with E-state index in [1.807, 2.05) is 13.8 Å². The molecule has 110 valence electrons. The van der Waals surface area contributed by atoms with Crippen LogP contribution in [0.5, 0.6) is 0 Å². The van der Waals surface area contributed by atoms with Gasteiger partial charge in [0, 0.05) is 19.7 Å². The van der Waals surface area contributed by atoms with Crippen molar-refractivity contribution >= 4 is 11.6 Å². The molecule has 0 spiro atoms. The summed E-state index contributed by atoms with van der Waals surface area (Å²) in [5.41, 5.74) is 4.73. The van der Waals surface area contributed by atoms with Crippen LogP contribution in [-0.2, 0) is 0 Å². The number of carbonyl (C=O) groups is 1. The Kier molecular flexibility index (Phi) is 4.78. The number of non-ortho nitro benzene ring substituents is 1. The molecule has 0 saturated carbocycles. The van der Waals surface area contributed by atoms with Crippen LogP contribution in [0.1, 0.15) is 24.2 Å². The summed E-state index contributed by atoms with van der Waals surface area (Å²) in [4.78, 5) is 23.3. The molecule has 20 heavy (non-hydrogen) atoms. The molecule has 0 aromatic heterocycles. The Morgan fingerprint density at radius 2 is 2.10 bits per heavy atom. The molecule has 1 rings (SSSR count). The minimum Gasteiger partial charge on any atom is -0.341 e. The lowest BCUT2D eigenvalue weighted by molar-refractivity contribution is -0.385. The first-order chi connectivity index (χ1) is 9.18. The second kappa shape index (κ2) is 5.96. The zero-order valence-corrected chi connectivity index (χ0v) is 11.7. The standard InChI is InChI=1S/C13H18FN3O3/c1-13(2,7-15)8-16(3)12(18)10-5-4-9(17(19)20)6-11(10)14/h4-6H,7-8,15H2,1-3H3. The van der Waals surface area contributed by atoms with Gasteiger partial charge in [-0.25, -0.2) is 4.39 Å². The molecule has 0 aliphatic carbocycles. The summed E-state index contributed by atoms with van der Waals surface area (Å²) in [5.74, 6) is -1.43. The first kappa shape index (κ1) is 16.0. The number of halogens is 1. The maximum atomic E-state index is 13.8. The lowest BCUT2D eigenvalue weighted by Gasteiger charge is -2.29. The van der Waals surface area contributed by atoms with Gasteiger partial charge in [-0.2, -0.15) is 0 Å². The van der Waals surface area contributed by atoms with Crippen LogP contribution in [0.25, 0.3) is 0 Å². The van der Waals surface area contributed by atoms with Gasteiger partial charge in [0.05, 0.1) is 16.6 Å². The van der Waals surface area contributed by atoms with Crippen LogP contribution in [-0.4, -0.2) is 35.9 Å². The number of nitrogens with zero attached hydrogens (tertiary/aromatic N) is 2. The van der Waals surface area contributed by atoms with E-state index < -0.39 is 16.6 Å². The highest BCUT2D eigenvalue weighted by Crippen LogP contribution is 2.20. The molecule has 1 aromatic carbocycles. The van der Waals surface area contributed by atoms with Gasteiger partial charge in [-0.05, 0) is 18.0 Å². The molecule has 0 aliphatic rings. The fraction of sp³-hybridized carbons (Fsp3) is 0.462. The Hall–Kier alpha value is -2.02. The second-order valence-corrected chi connectivity index (χ2v) is 5.45. The summed E-state index contributed by atoms with van der Waals surface area (Å²) < 4.78 is 13.8. The van der Waals surface area contributed by atoms with E-state index in [0.29, 0.717) is 13.1 Å². The molecular weight excluding hydrogens is 265 g/mol. The molecule has 0 bridgehead atoms. The van der Waals surface area contributed by atoms with Crippen molar-refractivity contribution in [2.75, 3.05) is 20.1 Å². The highest BCUT2D eigenvalue weighted by Gasteiger charge is 2.24. The van der Waals surface area contributed by atoms with Crippen LogP contribution in [0.15, 0.2) is 18.2 Å². The first-order valence-corrected chi connectivity index (χ1v) is 6.07. The molecule has 7 heteroatoms. The highest BCUT2D eigenvalue weighted by molar-refractivity contribution is 5.94. The van der Waals surface area contributed by atoms with E-state index in [1.165, 1.54) is 4.90 Å². The molecule has 0 fully saturated rings. The third kappa shape index (κ3) is 3.74. The van der Waals surface area contributed by atoms with Gasteiger partial charge in [0.1, 0.15) is 5.82 Å². The van der Waals surface area contributed by atoms with Crippen LogP contribution in [0.3, 0.4) is 0 Å². The molecule has 0 unspecified atom stereocenters. The monoisotopic (exact) mass is 283 g/mol. The third-order valence-corrected chi connectivity index (χ3v) is 2.96. The zero-order chi connectivity index (χ0) is 15.5. The van der Waals surface area contributed by atoms with E-state index >= 15 is 0 Å². The number of nitrogens with two attached hydrogens (primary N) is 1. The van der Waals surface area contributed by atoms with Gasteiger partial charge < -0.3 is 10.6 Å². The summed E-state index contributed by atoms with van der Waals surface area (Å²) >= 11 is 0. The van der Waals surface area contributed by atoms with Crippen molar-refractivity contribution in [2.24, 2.45) is 11.1 Å². The molecule has 1 aromatic rings. The van der Waals surface area contributed by atoms with Crippen molar-refractivity contribution in [1.82, 2.24) is 4.90 Å². The summed E-state index contributed by atoms with van der Waals surface area (Å²) in [6.45, 7) is 4.53. The predicted molar refractivity (Wildman–Crippen MR) is 72.9 cm³/mol. The molecule has 2 N–H and O–H groups in total. The molecule has 0 radical (unpaired) electrons. The molecule has 1 amide bonds. The number of benzene rings is 1. The van der Waals surface area contributed by atoms with Gasteiger partial charge in [0.2, 0.25) is 0 Å². The van der Waals surface area contributed by atoms with Crippen LogP contribution in [0.4, 0.5) is 10.1 Å². The number of rotatable bonds is 5. The fourth-order valence-corrected chi connectivity index (χ4v) is 1.78. The summed E-state index contributed by atoms with van der Waals surface area (Å²) in [5, 5.41) is 10.5. The molecule has 0 heterocycles. The average molecular weight is 283 g/mol. The van der Waals surface area contributed by atoms with Gasteiger partial charge in [-0.15, -0.1) is 0 Å². The molecule has 0 saturated heterocycles. The summed E-state index contributed by atoms with van der Waals surface area (Å²) in [6.07, 6.45) is 0. The van der Waals surface area contributed by atoms with Crippen molar-refractivity contribution in [1.29, 1.82) is 0 Å². The highest BCUT2D eigenvalue weighted by atomic mass is 19.1. The predicted octanol–water partition coefficient (Wildman–Crippen LogP) is 1.79. The minimum absolute atomic E-state index is 0.189. The van der Waals surface area contributed by atoms with Crippen molar-refractivity contribution in [2.45, 2.75) is 13.8 Å². The van der Waals surface area contributed by atoms with Crippen molar-refractivity contribution in [3.05, 3.63) is 39.7 Å². The first-order valence-electron chi connectivity index (χ1n) is 6.07. The molecule has 0 atom stereocenters. The topological polar surface area (TPSA) is 89.5 Å². The number of carbonyl (C=O) groups excluding carboxylic acids is 1. The van der Waals surface area contributed by atoms with E-state index in [2.05, 4.69) is 0 Å². The van der Waals surface area contributed by atoms with Crippen LogP contribution in [0, 0.1) is 21.3 Å². The smallest absolute Gasteiger partial charge is 0.272 e. The molecule has 0 aliphatic heterocycles. The lowest BCUT2D eigenvalue weighted by atomic mass is 9.93. The normalized spacial score (nSPS) is 11.2. The zero-order valence-electron chi connectivity index (χ0n) is 11.7. The molecule has 6 nitrogen and oxygen atoms in total. The van der Waals surface area contributed by atoms with Gasteiger partial charge in [-0.1, -0.05) is 13.8 Å². The average Bonchev–Trinajstić information content (AvgIpc) is 2.37. The van der Waals surface area contributed by atoms with Gasteiger partial charge in [-0.3, -0.25) is 14.9 Å². The molecular formula is C13H18FN3O3. The fourth-order valence-electron chi connectivity index (χ4n) is 1.78. The summed E-state index contributed by atoms with van der Waals surface area (Å²) in [6, 6.07) is 2.98. The van der Waals surface area contributed by atoms with Gasteiger partial charge in [0.25, 0.3) is 11.6 Å². The third-order valence-electron chi connectivity index (χ3n) is 2.96. The Labute approximate surface area is 116 Å². The van der Waals surface area contributed by atoms with Crippen molar-refractivity contribution in [3.8, 4) is 0 Å². The van der Waals surface area contributed by atoms with E-state index in [0.717, 1.165) is 18.2 Å². The minimum atomic E-state index is -0.901. The number of nitro benzene ring substituents is 1. The van der Waals surface area contributed by atoms with Gasteiger partial charge in [0.15, 0.2) is 0 Å². The Balaban J connectivity index is 2.95. The Morgan fingerprint density at radius 1 is 1.50 bits per heavy atom. The second-order valence-electron chi connectivity index (χ2n) is 5.45. The van der Waals surface area contributed by atoms with E-state index in [4.69, 9.17) is 5.73 Å². The number of amides is 1. The van der Waals surface area contributed by atoms with Crippen LogP contribution < -0.4 is 5.73 Å². The van der Waals surface area contributed by atoms with Crippen LogP contribution in [0.2, 0.25) is 0 Å². The van der Waals surface area contributed by atoms with E-state index in [-0.39, 0.29) is 16.7 Å². The van der Waals surface area contributed by atoms with Gasteiger partial charge >= 0.3 is 0 Å². The van der Waals surface area contributed by atoms with Crippen molar-refractivity contribution in [3.63, 3.8) is 0 Å². The number of nitro groups is 1. The van der Waals surface area contributed by atoms with Crippen LogP contribution >= 0.6 is 0 Å². The SMILES string of the molecule is CN(CC(C)(C)CN)C(=O)c1ccc([N+](=O)[O-])cc1F. The Morgan fingerprint density at radius 3 is 2.55 bits per heavy atom. The van der Waals surface area contributed by atoms with Crippen molar-refractivity contribution < 1.29 is 14.1 Å². The summed E-state index contributed by atoms with van der Waals surface area (Å²) in [7, 11) is 1.54. The van der Waals surface area contributed by atoms with E-state index in [9.17, 15) is 19.3 Å². The maximum absolute atomic E-state index is 13.8. The largest absolute Gasteiger partial charge is 0.341 e. The number of hydrogen-bond acceptors (Lipinski definition) is 4.